The van der Waals surface area contributed by atoms with Crippen molar-refractivity contribution in [3.63, 3.8) is 0 Å². The number of benzene rings is 2. The second kappa shape index (κ2) is 4.80. The Balaban J connectivity index is 0.000000111. The molecule has 1 N–H and O–H groups in total. The topological polar surface area (TPSA) is 28.9 Å². The molecule has 2 heterocycles. The molecular formula is C16H13NO. The quantitative estimate of drug-likeness (QED) is 0.474. The number of furan rings is 1. The first-order chi connectivity index (χ1) is 8.93. The van der Waals surface area contributed by atoms with Crippen molar-refractivity contribution in [2.24, 2.45) is 0 Å². The highest BCUT2D eigenvalue weighted by Crippen LogP contribution is 2.12. The molecular weight excluding hydrogens is 222 g/mol. The van der Waals surface area contributed by atoms with Gasteiger partial charge in [0.2, 0.25) is 0 Å². The van der Waals surface area contributed by atoms with Crippen molar-refractivity contribution >= 4 is 21.7 Å². The fourth-order valence-electron chi connectivity index (χ4n) is 1.90. The first kappa shape index (κ1) is 10.7. The van der Waals surface area contributed by atoms with E-state index in [1.54, 1.807) is 6.26 Å². The van der Waals surface area contributed by atoms with Gasteiger partial charge in [0.05, 0.1) is 6.26 Å². The van der Waals surface area contributed by atoms with Gasteiger partial charge in [0.1, 0.15) is 5.58 Å². The molecule has 2 aromatic heterocycles. The number of aromatic nitrogens is 1. The Morgan fingerprint density at radius 2 is 1.28 bits per heavy atom. The zero-order valence-corrected chi connectivity index (χ0v) is 9.84. The summed E-state index contributed by atoms with van der Waals surface area (Å²) in [5, 5.41) is 3.72. The van der Waals surface area contributed by atoms with Crippen LogP contribution >= 0.6 is 0 Å². The van der Waals surface area contributed by atoms with Crippen LogP contribution in [0.3, 0.4) is 0 Å². The molecule has 0 aliphatic rings. The van der Waals surface area contributed by atoms with Crippen LogP contribution in [0.2, 0.25) is 0 Å². The predicted octanol–water partition coefficient (Wildman–Crippen LogP) is 4.60. The number of rotatable bonds is 0. The van der Waals surface area contributed by atoms with Crippen LogP contribution in [0.15, 0.2) is 77.7 Å². The summed E-state index contributed by atoms with van der Waals surface area (Å²) in [5.74, 6) is 0. The third-order valence-electron chi connectivity index (χ3n) is 2.84. The second-order valence-corrected chi connectivity index (χ2v) is 4.04. The lowest BCUT2D eigenvalue weighted by Crippen LogP contribution is -1.57. The maximum atomic E-state index is 5.12. The molecule has 0 saturated heterocycles. The monoisotopic (exact) mass is 235 g/mol. The van der Waals surface area contributed by atoms with Crippen molar-refractivity contribution in [3.8, 4) is 0 Å². The molecule has 0 aliphatic heterocycles. The van der Waals surface area contributed by atoms with E-state index in [1.165, 1.54) is 10.8 Å². The van der Waals surface area contributed by atoms with E-state index in [9.17, 15) is 0 Å². The van der Waals surface area contributed by atoms with E-state index in [0.29, 0.717) is 0 Å². The summed E-state index contributed by atoms with van der Waals surface area (Å²) in [6.45, 7) is 0. The van der Waals surface area contributed by atoms with E-state index in [4.69, 9.17) is 4.42 Å². The molecule has 2 heteroatoms. The van der Waals surface area contributed by atoms with Gasteiger partial charge in [-0.15, -0.1) is 0 Å². The summed E-state index contributed by atoms with van der Waals surface area (Å²) in [6.07, 6.45) is 5.69. The molecule has 0 bridgehead atoms. The van der Waals surface area contributed by atoms with Crippen molar-refractivity contribution in [2.45, 2.75) is 0 Å². The fourth-order valence-corrected chi connectivity index (χ4v) is 1.90. The smallest absolute Gasteiger partial charge is 0.133 e. The molecule has 0 atom stereocenters. The number of aromatic amines is 1. The van der Waals surface area contributed by atoms with Crippen LogP contribution in [0.1, 0.15) is 0 Å². The lowest BCUT2D eigenvalue weighted by atomic mass is 10.2. The predicted molar refractivity (Wildman–Crippen MR) is 74.5 cm³/mol. The lowest BCUT2D eigenvalue weighted by molar-refractivity contribution is 0.616. The molecule has 2 nitrogen and oxygen atoms in total. The molecule has 0 fully saturated rings. The van der Waals surface area contributed by atoms with Gasteiger partial charge in [-0.2, -0.15) is 0 Å². The minimum absolute atomic E-state index is 0.956. The van der Waals surface area contributed by atoms with Crippen molar-refractivity contribution in [1.29, 1.82) is 0 Å². The van der Waals surface area contributed by atoms with Gasteiger partial charge in [-0.25, -0.2) is 0 Å². The van der Waals surface area contributed by atoms with Crippen LogP contribution in [-0.4, -0.2) is 4.98 Å². The highest BCUT2D eigenvalue weighted by Gasteiger charge is 1.89. The zero-order chi connectivity index (χ0) is 12.2. The molecule has 0 spiro atoms. The molecule has 4 rings (SSSR count). The largest absolute Gasteiger partial charge is 0.464 e. The Bertz CT molecular complexity index is 625. The third-order valence-corrected chi connectivity index (χ3v) is 2.84. The molecule has 88 valence electrons. The van der Waals surface area contributed by atoms with Crippen LogP contribution in [-0.2, 0) is 0 Å². The SMILES string of the molecule is c1ccc2c[nH]cc2c1.c1ccc2occc2c1. The van der Waals surface area contributed by atoms with E-state index in [1.807, 2.05) is 54.9 Å². The minimum Gasteiger partial charge on any atom is -0.464 e. The van der Waals surface area contributed by atoms with Crippen LogP contribution in [0.25, 0.3) is 21.7 Å². The summed E-state index contributed by atoms with van der Waals surface area (Å²) in [7, 11) is 0. The fraction of sp³-hybridized carbons (Fsp3) is 0. The number of hydrogen-bond donors (Lipinski definition) is 1. The van der Waals surface area contributed by atoms with Crippen molar-refractivity contribution in [2.75, 3.05) is 0 Å². The van der Waals surface area contributed by atoms with E-state index in [2.05, 4.69) is 17.1 Å². The summed E-state index contributed by atoms with van der Waals surface area (Å²) in [5.41, 5.74) is 0.956. The maximum Gasteiger partial charge on any atom is 0.133 e. The van der Waals surface area contributed by atoms with E-state index in [0.717, 1.165) is 11.0 Å². The van der Waals surface area contributed by atoms with Gasteiger partial charge in [-0.3, -0.25) is 0 Å². The summed E-state index contributed by atoms with van der Waals surface area (Å²) in [4.78, 5) is 3.04. The molecule has 18 heavy (non-hydrogen) atoms. The average molecular weight is 235 g/mol. The normalized spacial score (nSPS) is 10.2. The molecule has 0 radical (unpaired) electrons. The molecule has 2 aromatic carbocycles. The Labute approximate surface area is 105 Å². The lowest BCUT2D eigenvalue weighted by Gasteiger charge is -1.81. The highest BCUT2D eigenvalue weighted by atomic mass is 16.3. The highest BCUT2D eigenvalue weighted by molar-refractivity contribution is 5.81. The Morgan fingerprint density at radius 3 is 1.94 bits per heavy atom. The van der Waals surface area contributed by atoms with Gasteiger partial charge >= 0.3 is 0 Å². The van der Waals surface area contributed by atoms with Crippen molar-refractivity contribution in [3.05, 3.63) is 73.3 Å². The summed E-state index contributed by atoms with van der Waals surface area (Å²) < 4.78 is 5.12. The Hall–Kier alpha value is -2.48. The molecule has 0 saturated carbocycles. The van der Waals surface area contributed by atoms with Crippen molar-refractivity contribution < 1.29 is 4.42 Å². The van der Waals surface area contributed by atoms with Gasteiger partial charge in [0.15, 0.2) is 0 Å². The average Bonchev–Trinajstić information content (AvgIpc) is 3.08. The second-order valence-electron chi connectivity index (χ2n) is 4.04. The number of H-pyrrole nitrogens is 1. The van der Waals surface area contributed by atoms with Gasteiger partial charge in [0, 0.05) is 17.8 Å². The maximum absolute atomic E-state index is 5.12. The van der Waals surface area contributed by atoms with Gasteiger partial charge in [-0.1, -0.05) is 42.5 Å². The summed E-state index contributed by atoms with van der Waals surface area (Å²) in [6, 6.07) is 18.2. The number of hydrogen-bond acceptors (Lipinski definition) is 1. The van der Waals surface area contributed by atoms with Gasteiger partial charge in [-0.05, 0) is 22.9 Å². The molecule has 0 amide bonds. The number of nitrogens with one attached hydrogen (secondary N) is 1. The molecule has 0 aliphatic carbocycles. The van der Waals surface area contributed by atoms with Crippen LogP contribution < -0.4 is 0 Å². The van der Waals surface area contributed by atoms with E-state index < -0.39 is 0 Å². The Kier molecular flexibility index (Phi) is 2.84. The van der Waals surface area contributed by atoms with E-state index >= 15 is 0 Å². The molecule has 0 unspecified atom stereocenters. The van der Waals surface area contributed by atoms with Gasteiger partial charge < -0.3 is 9.40 Å². The van der Waals surface area contributed by atoms with Gasteiger partial charge in [0.25, 0.3) is 0 Å². The van der Waals surface area contributed by atoms with E-state index in [-0.39, 0.29) is 0 Å². The third kappa shape index (κ3) is 2.13. The van der Waals surface area contributed by atoms with Crippen molar-refractivity contribution in [1.82, 2.24) is 4.98 Å². The first-order valence-corrected chi connectivity index (χ1v) is 5.87. The van der Waals surface area contributed by atoms with Crippen LogP contribution in [0.4, 0.5) is 0 Å². The number of fused-ring (bicyclic) bond motifs is 2. The minimum atomic E-state index is 0.956. The first-order valence-electron chi connectivity index (χ1n) is 5.87. The Morgan fingerprint density at radius 1 is 0.667 bits per heavy atom. The van der Waals surface area contributed by atoms with Crippen LogP contribution in [0, 0.1) is 0 Å². The van der Waals surface area contributed by atoms with Crippen LogP contribution in [0.5, 0.6) is 0 Å². The molecule has 4 aromatic rings. The number of para-hydroxylation sites is 1. The summed E-state index contributed by atoms with van der Waals surface area (Å²) >= 11 is 0. The standard InChI is InChI=1S/C8H7N.C8H6O/c1-2-4-8-6-9-5-7(8)3-1;1-2-4-8-7(3-1)5-6-9-8/h1-6,9H;1-6H. The zero-order valence-electron chi connectivity index (χ0n) is 9.84.